The van der Waals surface area contributed by atoms with Gasteiger partial charge in [0, 0.05) is 0 Å². The normalized spacial score (nSPS) is 9.27. The average Bonchev–Trinajstić information content (AvgIpc) is 1.95. The molecule has 0 saturated carbocycles. The Balaban J connectivity index is 2.98. The number of aryl methyl sites for hydroxylation is 1. The Morgan fingerprint density at radius 1 is 1.55 bits per heavy atom. The van der Waals surface area contributed by atoms with Crippen LogP contribution in [0.3, 0.4) is 0 Å². The van der Waals surface area contributed by atoms with Gasteiger partial charge in [-0.25, -0.2) is 0 Å². The van der Waals surface area contributed by atoms with Crippen LogP contribution >= 0.6 is 22.6 Å². The largest absolute Gasteiger partial charge is 0.465 e. The van der Waals surface area contributed by atoms with Gasteiger partial charge in [0.1, 0.15) is 5.75 Å². The summed E-state index contributed by atoms with van der Waals surface area (Å²) in [7, 11) is 0. The third-order valence-corrected chi connectivity index (χ3v) is 2.14. The first-order valence-corrected chi connectivity index (χ1v) is 4.35. The molecule has 0 bridgehead atoms. The Kier molecular flexibility index (Phi) is 2.93. The summed E-state index contributed by atoms with van der Waals surface area (Å²) in [4.78, 5) is 0. The fourth-order valence-electron chi connectivity index (χ4n) is 0.791. The molecule has 0 N–H and O–H groups in total. The summed E-state index contributed by atoms with van der Waals surface area (Å²) in [5.74, 6) is 0.867. The molecule has 0 radical (unpaired) electrons. The van der Waals surface area contributed by atoms with Crippen LogP contribution in [0.15, 0.2) is 31.0 Å². The zero-order valence-corrected chi connectivity index (χ0v) is 8.46. The van der Waals surface area contributed by atoms with Crippen LogP contribution in [-0.4, -0.2) is 0 Å². The van der Waals surface area contributed by atoms with Gasteiger partial charge >= 0.3 is 0 Å². The number of hydrogen-bond donors (Lipinski definition) is 0. The average molecular weight is 260 g/mol. The summed E-state index contributed by atoms with van der Waals surface area (Å²) in [6.45, 7) is 5.55. The van der Waals surface area contributed by atoms with Gasteiger partial charge in [-0.1, -0.05) is 12.6 Å². The zero-order valence-electron chi connectivity index (χ0n) is 6.30. The molecule has 11 heavy (non-hydrogen) atoms. The van der Waals surface area contributed by atoms with Gasteiger partial charge in [0.2, 0.25) is 0 Å². The molecule has 0 heterocycles. The number of halogens is 1. The van der Waals surface area contributed by atoms with E-state index < -0.39 is 0 Å². The van der Waals surface area contributed by atoms with Crippen LogP contribution < -0.4 is 4.74 Å². The van der Waals surface area contributed by atoms with Crippen LogP contribution in [0, 0.1) is 10.5 Å². The molecule has 1 aromatic rings. The number of benzene rings is 1. The summed E-state index contributed by atoms with van der Waals surface area (Å²) >= 11 is 2.24. The van der Waals surface area contributed by atoms with Crippen molar-refractivity contribution in [3.05, 3.63) is 40.2 Å². The van der Waals surface area contributed by atoms with E-state index in [4.69, 9.17) is 4.74 Å². The monoisotopic (exact) mass is 260 g/mol. The molecule has 0 aliphatic rings. The van der Waals surface area contributed by atoms with Crippen molar-refractivity contribution in [2.24, 2.45) is 0 Å². The van der Waals surface area contributed by atoms with Gasteiger partial charge in [-0.05, 0) is 47.2 Å². The predicted octanol–water partition coefficient (Wildman–Crippen LogP) is 3.12. The molecule has 0 aliphatic heterocycles. The number of hydrogen-bond acceptors (Lipinski definition) is 1. The van der Waals surface area contributed by atoms with Crippen LogP contribution in [-0.2, 0) is 0 Å². The summed E-state index contributed by atoms with van der Waals surface area (Å²) < 4.78 is 6.26. The van der Waals surface area contributed by atoms with Crippen molar-refractivity contribution in [2.45, 2.75) is 6.92 Å². The van der Waals surface area contributed by atoms with E-state index in [0.29, 0.717) is 0 Å². The Morgan fingerprint density at radius 3 is 2.82 bits per heavy atom. The summed E-state index contributed by atoms with van der Waals surface area (Å²) in [5, 5.41) is 0. The fraction of sp³-hybridized carbons (Fsp3) is 0.111. The Labute approximate surface area is 80.2 Å². The third kappa shape index (κ3) is 2.22. The zero-order chi connectivity index (χ0) is 8.27. The molecular formula is C9H9IO. The molecule has 1 rings (SSSR count). The summed E-state index contributed by atoms with van der Waals surface area (Å²) in [6.07, 6.45) is 1.44. The van der Waals surface area contributed by atoms with Gasteiger partial charge in [-0.3, -0.25) is 0 Å². The molecule has 0 unspecified atom stereocenters. The molecule has 0 spiro atoms. The van der Waals surface area contributed by atoms with Crippen molar-refractivity contribution in [1.82, 2.24) is 0 Å². The van der Waals surface area contributed by atoms with Gasteiger partial charge in [-0.2, -0.15) is 0 Å². The first kappa shape index (κ1) is 8.59. The van der Waals surface area contributed by atoms with Crippen molar-refractivity contribution in [2.75, 3.05) is 0 Å². The summed E-state index contributed by atoms with van der Waals surface area (Å²) in [5.41, 5.74) is 1.24. The second-order valence-corrected chi connectivity index (χ2v) is 3.38. The highest BCUT2D eigenvalue weighted by atomic mass is 127. The number of ether oxygens (including phenoxy) is 1. The maximum atomic E-state index is 5.15. The van der Waals surface area contributed by atoms with Gasteiger partial charge in [-0.15, -0.1) is 0 Å². The smallest absolute Gasteiger partial charge is 0.139 e. The summed E-state index contributed by atoms with van der Waals surface area (Å²) in [6, 6.07) is 6.03. The highest BCUT2D eigenvalue weighted by Crippen LogP contribution is 2.21. The fourth-order valence-corrected chi connectivity index (χ4v) is 1.59. The van der Waals surface area contributed by atoms with E-state index in [1.807, 2.05) is 12.1 Å². The second-order valence-electron chi connectivity index (χ2n) is 2.22. The molecule has 0 aromatic heterocycles. The maximum absolute atomic E-state index is 5.15. The first-order valence-electron chi connectivity index (χ1n) is 3.28. The lowest BCUT2D eigenvalue weighted by Crippen LogP contribution is -1.85. The quantitative estimate of drug-likeness (QED) is 0.586. The molecule has 1 aromatic carbocycles. The SMILES string of the molecule is C=COc1ccc(C)cc1I. The van der Waals surface area contributed by atoms with Crippen LogP contribution in [0.5, 0.6) is 5.75 Å². The van der Waals surface area contributed by atoms with Crippen molar-refractivity contribution in [3.8, 4) is 5.75 Å². The van der Waals surface area contributed by atoms with Crippen molar-refractivity contribution >= 4 is 22.6 Å². The van der Waals surface area contributed by atoms with Crippen LogP contribution in [0.2, 0.25) is 0 Å². The minimum atomic E-state index is 0.867. The molecule has 0 amide bonds. The lowest BCUT2D eigenvalue weighted by molar-refractivity contribution is 0.480. The van der Waals surface area contributed by atoms with Crippen molar-refractivity contribution < 1.29 is 4.74 Å². The van der Waals surface area contributed by atoms with Gasteiger partial charge in [0.15, 0.2) is 0 Å². The van der Waals surface area contributed by atoms with E-state index in [1.165, 1.54) is 11.8 Å². The van der Waals surface area contributed by atoms with Gasteiger partial charge in [0.25, 0.3) is 0 Å². The molecule has 0 atom stereocenters. The molecule has 58 valence electrons. The van der Waals surface area contributed by atoms with Crippen LogP contribution in [0.1, 0.15) is 5.56 Å². The van der Waals surface area contributed by atoms with E-state index in [9.17, 15) is 0 Å². The van der Waals surface area contributed by atoms with E-state index in [2.05, 4.69) is 42.2 Å². The third-order valence-electron chi connectivity index (χ3n) is 1.30. The van der Waals surface area contributed by atoms with E-state index >= 15 is 0 Å². The standard InChI is InChI=1S/C9H9IO/c1-3-11-9-5-4-7(2)6-8(9)10/h3-6H,1H2,2H3. The van der Waals surface area contributed by atoms with E-state index in [0.717, 1.165) is 9.32 Å². The Morgan fingerprint density at radius 2 is 2.27 bits per heavy atom. The van der Waals surface area contributed by atoms with Gasteiger partial charge in [0.05, 0.1) is 9.83 Å². The Hall–Kier alpha value is -0.510. The molecule has 2 heteroatoms. The van der Waals surface area contributed by atoms with Crippen molar-refractivity contribution in [1.29, 1.82) is 0 Å². The van der Waals surface area contributed by atoms with Gasteiger partial charge < -0.3 is 4.74 Å². The molecule has 0 saturated heterocycles. The molecule has 0 aliphatic carbocycles. The van der Waals surface area contributed by atoms with E-state index in [1.54, 1.807) is 0 Å². The molecular weight excluding hydrogens is 251 g/mol. The molecule has 0 fully saturated rings. The second kappa shape index (κ2) is 3.76. The minimum absolute atomic E-state index is 0.867. The predicted molar refractivity (Wildman–Crippen MR) is 54.7 cm³/mol. The maximum Gasteiger partial charge on any atom is 0.139 e. The van der Waals surface area contributed by atoms with Crippen LogP contribution in [0.4, 0.5) is 0 Å². The lowest BCUT2D eigenvalue weighted by atomic mass is 10.2. The minimum Gasteiger partial charge on any atom is -0.465 e. The van der Waals surface area contributed by atoms with Crippen molar-refractivity contribution in [3.63, 3.8) is 0 Å². The highest BCUT2D eigenvalue weighted by Gasteiger charge is 1.97. The molecule has 1 nitrogen and oxygen atoms in total. The van der Waals surface area contributed by atoms with Crippen LogP contribution in [0.25, 0.3) is 0 Å². The first-order chi connectivity index (χ1) is 5.24. The number of rotatable bonds is 2. The Bertz CT molecular complexity index is 268. The highest BCUT2D eigenvalue weighted by molar-refractivity contribution is 14.1. The lowest BCUT2D eigenvalue weighted by Gasteiger charge is -2.02. The topological polar surface area (TPSA) is 9.23 Å². The van der Waals surface area contributed by atoms with E-state index in [-0.39, 0.29) is 0 Å².